The van der Waals surface area contributed by atoms with Gasteiger partial charge in [0.15, 0.2) is 0 Å². The first-order valence-corrected chi connectivity index (χ1v) is 11.4. The molecule has 0 heterocycles. The van der Waals surface area contributed by atoms with Gasteiger partial charge in [0.2, 0.25) is 10.0 Å². The van der Waals surface area contributed by atoms with Crippen LogP contribution in [0.3, 0.4) is 0 Å². The van der Waals surface area contributed by atoms with Gasteiger partial charge in [0.1, 0.15) is 11.5 Å². The largest absolute Gasteiger partial charge is 0.497 e. The lowest BCUT2D eigenvalue weighted by Gasteiger charge is -2.18. The molecule has 0 bridgehead atoms. The van der Waals surface area contributed by atoms with E-state index in [2.05, 4.69) is 5.32 Å². The quantitative estimate of drug-likeness (QED) is 0.522. The van der Waals surface area contributed by atoms with Crippen molar-refractivity contribution in [2.45, 2.75) is 11.4 Å². The highest BCUT2D eigenvalue weighted by Crippen LogP contribution is 2.30. The van der Waals surface area contributed by atoms with Crippen molar-refractivity contribution in [2.24, 2.45) is 0 Å². The summed E-state index contributed by atoms with van der Waals surface area (Å²) in [5.41, 5.74) is 1.23. The minimum Gasteiger partial charge on any atom is -0.497 e. The molecule has 0 fully saturated rings. The molecule has 3 aromatic rings. The molecule has 32 heavy (non-hydrogen) atoms. The number of sulfonamides is 1. The number of methoxy groups -OCH3 is 2. The number of nitrogens with one attached hydrogen (secondary N) is 1. The van der Waals surface area contributed by atoms with Crippen LogP contribution in [0.25, 0.3) is 0 Å². The molecule has 0 unspecified atom stereocenters. The normalized spacial score (nSPS) is 11.3. The highest BCUT2D eigenvalue weighted by Gasteiger charge is 2.24. The van der Waals surface area contributed by atoms with Gasteiger partial charge in [0.05, 0.1) is 35.4 Å². The van der Waals surface area contributed by atoms with Crippen molar-refractivity contribution in [3.05, 3.63) is 82.9 Å². The molecule has 9 heteroatoms. The van der Waals surface area contributed by atoms with E-state index in [4.69, 9.17) is 21.1 Å². The molecule has 0 spiro atoms. The summed E-state index contributed by atoms with van der Waals surface area (Å²) >= 11 is 6.22. The number of rotatable bonds is 8. The van der Waals surface area contributed by atoms with Crippen LogP contribution in [0.2, 0.25) is 5.02 Å². The number of anilines is 1. The summed E-state index contributed by atoms with van der Waals surface area (Å²) in [7, 11) is 0.605. The highest BCUT2D eigenvalue weighted by molar-refractivity contribution is 7.89. The molecular formula is C23H23ClN2O5S. The summed E-state index contributed by atoms with van der Waals surface area (Å²) in [6.45, 7) is 0.189. The van der Waals surface area contributed by atoms with Crippen LogP contribution < -0.4 is 14.8 Å². The van der Waals surface area contributed by atoms with Gasteiger partial charge in [-0.1, -0.05) is 41.9 Å². The summed E-state index contributed by atoms with van der Waals surface area (Å²) in [5, 5.41) is 2.82. The number of carbonyl (C=O) groups is 1. The summed E-state index contributed by atoms with van der Waals surface area (Å²) in [5.74, 6) is 0.358. The van der Waals surface area contributed by atoms with Crippen LogP contribution in [0.5, 0.6) is 11.5 Å². The van der Waals surface area contributed by atoms with E-state index < -0.39 is 15.9 Å². The van der Waals surface area contributed by atoms with Crippen molar-refractivity contribution in [3.8, 4) is 11.5 Å². The maximum absolute atomic E-state index is 13.1. The fourth-order valence-corrected chi connectivity index (χ4v) is 4.43. The second kappa shape index (κ2) is 10.0. The molecule has 0 atom stereocenters. The van der Waals surface area contributed by atoms with E-state index in [-0.39, 0.29) is 22.0 Å². The van der Waals surface area contributed by atoms with Crippen molar-refractivity contribution >= 4 is 33.2 Å². The Morgan fingerprint density at radius 3 is 2.38 bits per heavy atom. The molecule has 0 saturated heterocycles. The average molecular weight is 475 g/mol. The Hall–Kier alpha value is -3.07. The van der Waals surface area contributed by atoms with E-state index in [1.165, 1.54) is 43.8 Å². The SMILES string of the molecule is COc1ccc(OC)c(NC(=O)c2cc(S(=O)(=O)N(C)Cc3ccccc3)ccc2Cl)c1. The fourth-order valence-electron chi connectivity index (χ4n) is 3.05. The van der Waals surface area contributed by atoms with Crippen LogP contribution in [0.4, 0.5) is 5.69 Å². The molecule has 0 aliphatic heterocycles. The van der Waals surface area contributed by atoms with E-state index in [0.29, 0.717) is 17.2 Å². The second-order valence-electron chi connectivity index (χ2n) is 6.91. The highest BCUT2D eigenvalue weighted by atomic mass is 35.5. The maximum atomic E-state index is 13.1. The van der Waals surface area contributed by atoms with Crippen LogP contribution >= 0.6 is 11.6 Å². The van der Waals surface area contributed by atoms with Gasteiger partial charge in [-0.05, 0) is 35.9 Å². The van der Waals surface area contributed by atoms with E-state index >= 15 is 0 Å². The Labute approximate surface area is 192 Å². The van der Waals surface area contributed by atoms with Crippen LogP contribution in [-0.4, -0.2) is 39.9 Å². The predicted molar refractivity (Wildman–Crippen MR) is 124 cm³/mol. The monoisotopic (exact) mass is 474 g/mol. The topological polar surface area (TPSA) is 84.9 Å². The molecule has 0 aromatic heterocycles. The zero-order valence-electron chi connectivity index (χ0n) is 17.8. The molecule has 3 aromatic carbocycles. The number of hydrogen-bond donors (Lipinski definition) is 1. The smallest absolute Gasteiger partial charge is 0.257 e. The van der Waals surface area contributed by atoms with Crippen molar-refractivity contribution in [3.63, 3.8) is 0 Å². The zero-order valence-corrected chi connectivity index (χ0v) is 19.4. The lowest BCUT2D eigenvalue weighted by atomic mass is 10.2. The van der Waals surface area contributed by atoms with Gasteiger partial charge in [-0.15, -0.1) is 0 Å². The summed E-state index contributed by atoms with van der Waals surface area (Å²) in [6, 6.07) is 18.2. The Balaban J connectivity index is 1.89. The minimum absolute atomic E-state index is 0.0192. The van der Waals surface area contributed by atoms with Gasteiger partial charge < -0.3 is 14.8 Å². The van der Waals surface area contributed by atoms with Gasteiger partial charge in [0.25, 0.3) is 5.91 Å². The lowest BCUT2D eigenvalue weighted by Crippen LogP contribution is -2.27. The van der Waals surface area contributed by atoms with E-state index in [1.54, 1.807) is 18.2 Å². The van der Waals surface area contributed by atoms with Gasteiger partial charge in [-0.25, -0.2) is 8.42 Å². The average Bonchev–Trinajstić information content (AvgIpc) is 2.79. The number of carbonyl (C=O) groups excluding carboxylic acids is 1. The maximum Gasteiger partial charge on any atom is 0.257 e. The third-order valence-corrected chi connectivity index (χ3v) is 6.92. The van der Waals surface area contributed by atoms with E-state index in [0.717, 1.165) is 5.56 Å². The van der Waals surface area contributed by atoms with E-state index in [1.807, 2.05) is 30.3 Å². The van der Waals surface area contributed by atoms with Crippen LogP contribution in [-0.2, 0) is 16.6 Å². The van der Waals surface area contributed by atoms with Gasteiger partial charge in [0, 0.05) is 19.7 Å². The molecule has 7 nitrogen and oxygen atoms in total. The number of amides is 1. The van der Waals surface area contributed by atoms with Crippen molar-refractivity contribution < 1.29 is 22.7 Å². The third kappa shape index (κ3) is 5.21. The van der Waals surface area contributed by atoms with Crippen LogP contribution in [0, 0.1) is 0 Å². The Kier molecular flexibility index (Phi) is 7.40. The first-order chi connectivity index (χ1) is 15.3. The predicted octanol–water partition coefficient (Wildman–Crippen LogP) is 4.43. The molecule has 1 N–H and O–H groups in total. The van der Waals surface area contributed by atoms with Crippen molar-refractivity contribution in [2.75, 3.05) is 26.6 Å². The molecule has 0 aliphatic carbocycles. The summed E-state index contributed by atoms with van der Waals surface area (Å²) in [4.78, 5) is 12.9. The summed E-state index contributed by atoms with van der Waals surface area (Å²) < 4.78 is 37.8. The van der Waals surface area contributed by atoms with E-state index in [9.17, 15) is 13.2 Å². The standard InChI is InChI=1S/C23H23ClN2O5S/c1-26(15-16-7-5-4-6-8-16)32(28,29)18-10-11-20(24)19(14-18)23(27)25-21-13-17(30-2)9-12-22(21)31-3/h4-14H,15H2,1-3H3,(H,25,27). The molecule has 0 saturated carbocycles. The molecular weight excluding hydrogens is 452 g/mol. The first kappa shape index (κ1) is 23.6. The van der Waals surface area contributed by atoms with Crippen LogP contribution in [0.15, 0.2) is 71.6 Å². The zero-order chi connectivity index (χ0) is 23.3. The molecule has 0 radical (unpaired) electrons. The Bertz CT molecular complexity index is 1220. The summed E-state index contributed by atoms with van der Waals surface area (Å²) in [6.07, 6.45) is 0. The first-order valence-electron chi connectivity index (χ1n) is 9.59. The van der Waals surface area contributed by atoms with Gasteiger partial charge in [-0.2, -0.15) is 4.31 Å². The number of hydrogen-bond acceptors (Lipinski definition) is 5. The molecule has 168 valence electrons. The van der Waals surface area contributed by atoms with Gasteiger partial charge in [-0.3, -0.25) is 4.79 Å². The molecule has 3 rings (SSSR count). The number of ether oxygens (including phenoxy) is 2. The third-order valence-electron chi connectivity index (χ3n) is 4.79. The fraction of sp³-hybridized carbons (Fsp3) is 0.174. The minimum atomic E-state index is -3.86. The number of halogens is 1. The Morgan fingerprint density at radius 2 is 1.72 bits per heavy atom. The van der Waals surface area contributed by atoms with Crippen molar-refractivity contribution in [1.29, 1.82) is 0 Å². The van der Waals surface area contributed by atoms with Crippen LogP contribution in [0.1, 0.15) is 15.9 Å². The van der Waals surface area contributed by atoms with Crippen molar-refractivity contribution in [1.82, 2.24) is 4.31 Å². The second-order valence-corrected chi connectivity index (χ2v) is 9.36. The van der Waals surface area contributed by atoms with Gasteiger partial charge >= 0.3 is 0 Å². The lowest BCUT2D eigenvalue weighted by molar-refractivity contribution is 0.102. The molecule has 1 amide bonds. The number of benzene rings is 3. The number of nitrogens with zero attached hydrogens (tertiary/aromatic N) is 1. The Morgan fingerprint density at radius 1 is 1.00 bits per heavy atom. The molecule has 0 aliphatic rings.